The van der Waals surface area contributed by atoms with Crippen LogP contribution in [0.25, 0.3) is 22.3 Å². The summed E-state index contributed by atoms with van der Waals surface area (Å²) in [6.07, 6.45) is 3.39. The molecule has 0 bridgehead atoms. The van der Waals surface area contributed by atoms with Crippen LogP contribution < -0.4 is 5.43 Å². The number of carbonyl (C=O) groups excluding carboxylic acids is 1. The molecule has 4 aromatic rings. The van der Waals surface area contributed by atoms with Gasteiger partial charge in [-0.3, -0.25) is 4.79 Å². The lowest BCUT2D eigenvalue weighted by atomic mass is 10.1. The van der Waals surface area contributed by atoms with Crippen LogP contribution in [-0.2, 0) is 11.3 Å². The standard InChI is InChI=1S/C19H14N8O/c20-9-13-5-1-2-7-16(13)19-24-26-27(25-19)12-18(28)23-22-11-14-10-21-17-8-4-3-6-15(14)17/h1-8,10-11,21H,12H2,(H,23,28)/b22-11+. The molecule has 2 aromatic heterocycles. The molecule has 2 aromatic carbocycles. The molecule has 0 aliphatic carbocycles. The van der Waals surface area contributed by atoms with Gasteiger partial charge in [0, 0.05) is 28.2 Å². The van der Waals surface area contributed by atoms with Crippen LogP contribution in [0.4, 0.5) is 0 Å². The minimum atomic E-state index is -0.395. The van der Waals surface area contributed by atoms with Gasteiger partial charge in [-0.25, -0.2) is 5.43 Å². The van der Waals surface area contributed by atoms with E-state index in [9.17, 15) is 4.79 Å². The van der Waals surface area contributed by atoms with Crippen LogP contribution in [0.3, 0.4) is 0 Å². The highest BCUT2D eigenvalue weighted by Gasteiger charge is 2.12. The summed E-state index contributed by atoms with van der Waals surface area (Å²) in [5.74, 6) is -0.110. The largest absolute Gasteiger partial charge is 0.361 e. The predicted molar refractivity (Wildman–Crippen MR) is 102 cm³/mol. The minimum absolute atomic E-state index is 0.146. The Morgan fingerprint density at radius 2 is 2.07 bits per heavy atom. The third kappa shape index (κ3) is 3.47. The Balaban J connectivity index is 1.41. The third-order valence-corrected chi connectivity index (χ3v) is 4.04. The van der Waals surface area contributed by atoms with Gasteiger partial charge in [-0.2, -0.15) is 15.2 Å². The number of hydrogen-bond donors (Lipinski definition) is 2. The first-order chi connectivity index (χ1) is 13.7. The van der Waals surface area contributed by atoms with Crippen molar-refractivity contribution in [2.24, 2.45) is 5.10 Å². The topological polar surface area (TPSA) is 125 Å². The first kappa shape index (κ1) is 17.1. The van der Waals surface area contributed by atoms with Crippen LogP contribution in [0.15, 0.2) is 59.8 Å². The quantitative estimate of drug-likeness (QED) is 0.410. The maximum atomic E-state index is 12.1. The molecule has 9 nitrogen and oxygen atoms in total. The Hall–Kier alpha value is -4.32. The molecule has 136 valence electrons. The average Bonchev–Trinajstić information content (AvgIpc) is 3.35. The zero-order valence-corrected chi connectivity index (χ0v) is 14.6. The normalized spacial score (nSPS) is 11.0. The maximum absolute atomic E-state index is 12.1. The fraction of sp³-hybridized carbons (Fsp3) is 0.0526. The molecule has 28 heavy (non-hydrogen) atoms. The van der Waals surface area contributed by atoms with Crippen molar-refractivity contribution < 1.29 is 4.79 Å². The van der Waals surface area contributed by atoms with Crippen LogP contribution >= 0.6 is 0 Å². The predicted octanol–water partition coefficient (Wildman–Crippen LogP) is 1.84. The summed E-state index contributed by atoms with van der Waals surface area (Å²) < 4.78 is 0. The first-order valence-electron chi connectivity index (χ1n) is 8.40. The monoisotopic (exact) mass is 370 g/mol. The average molecular weight is 370 g/mol. The van der Waals surface area contributed by atoms with Gasteiger partial charge in [0.1, 0.15) is 6.54 Å². The number of hydrogen-bond acceptors (Lipinski definition) is 6. The van der Waals surface area contributed by atoms with Crippen molar-refractivity contribution in [1.82, 2.24) is 30.6 Å². The van der Waals surface area contributed by atoms with Crippen molar-refractivity contribution in [2.75, 3.05) is 0 Å². The SMILES string of the molecule is N#Cc1ccccc1-c1nnn(CC(=O)N/N=C/c2c[nH]c3ccccc23)n1. The van der Waals surface area contributed by atoms with Crippen molar-refractivity contribution in [1.29, 1.82) is 5.26 Å². The number of carbonyl (C=O) groups is 1. The van der Waals surface area contributed by atoms with Gasteiger partial charge in [0.15, 0.2) is 0 Å². The van der Waals surface area contributed by atoms with E-state index < -0.39 is 5.91 Å². The van der Waals surface area contributed by atoms with E-state index in [0.29, 0.717) is 11.1 Å². The van der Waals surface area contributed by atoms with E-state index in [-0.39, 0.29) is 12.4 Å². The highest BCUT2D eigenvalue weighted by molar-refractivity contribution is 5.99. The smallest absolute Gasteiger partial charge is 0.263 e. The summed E-state index contributed by atoms with van der Waals surface area (Å²) in [5.41, 5.74) is 5.30. The van der Waals surface area contributed by atoms with Gasteiger partial charge in [0.25, 0.3) is 5.91 Å². The summed E-state index contributed by atoms with van der Waals surface area (Å²) in [4.78, 5) is 16.3. The highest BCUT2D eigenvalue weighted by atomic mass is 16.2. The highest BCUT2D eigenvalue weighted by Crippen LogP contribution is 2.18. The molecule has 0 atom stereocenters. The Morgan fingerprint density at radius 3 is 2.96 bits per heavy atom. The summed E-state index contributed by atoms with van der Waals surface area (Å²) in [6, 6.07) is 16.8. The summed E-state index contributed by atoms with van der Waals surface area (Å²) in [7, 11) is 0. The number of hydrazone groups is 1. The molecule has 0 aliphatic heterocycles. The number of aromatic amines is 1. The summed E-state index contributed by atoms with van der Waals surface area (Å²) in [5, 5.41) is 26.1. The lowest BCUT2D eigenvalue weighted by Gasteiger charge is -1.98. The molecule has 4 rings (SSSR count). The molecule has 0 fully saturated rings. The van der Waals surface area contributed by atoms with Crippen LogP contribution in [0.5, 0.6) is 0 Å². The molecular formula is C19H14N8O. The Morgan fingerprint density at radius 1 is 1.25 bits per heavy atom. The van der Waals surface area contributed by atoms with Gasteiger partial charge in [0.05, 0.1) is 17.8 Å². The number of benzene rings is 2. The van der Waals surface area contributed by atoms with Crippen molar-refractivity contribution in [3.05, 3.63) is 65.9 Å². The van der Waals surface area contributed by atoms with E-state index in [1.54, 1.807) is 30.5 Å². The summed E-state index contributed by atoms with van der Waals surface area (Å²) in [6.45, 7) is -0.146. The number of nitriles is 1. The lowest BCUT2D eigenvalue weighted by Crippen LogP contribution is -2.24. The van der Waals surface area contributed by atoms with Gasteiger partial charge in [-0.1, -0.05) is 30.3 Å². The number of para-hydroxylation sites is 1. The van der Waals surface area contributed by atoms with Crippen molar-refractivity contribution >= 4 is 23.0 Å². The number of rotatable bonds is 5. The third-order valence-electron chi connectivity index (χ3n) is 4.04. The Labute approximate surface area is 159 Å². The maximum Gasteiger partial charge on any atom is 0.263 e. The van der Waals surface area contributed by atoms with Crippen LogP contribution in [0.2, 0.25) is 0 Å². The molecule has 2 heterocycles. The molecular weight excluding hydrogens is 356 g/mol. The molecule has 0 spiro atoms. The molecule has 1 amide bonds. The lowest BCUT2D eigenvalue weighted by molar-refractivity contribution is -0.122. The van der Waals surface area contributed by atoms with Gasteiger partial charge < -0.3 is 4.98 Å². The van der Waals surface area contributed by atoms with E-state index in [0.717, 1.165) is 21.3 Å². The van der Waals surface area contributed by atoms with E-state index in [2.05, 4.69) is 37.0 Å². The zero-order valence-electron chi connectivity index (χ0n) is 14.6. The van der Waals surface area contributed by atoms with E-state index in [4.69, 9.17) is 5.26 Å². The number of H-pyrrole nitrogens is 1. The van der Waals surface area contributed by atoms with E-state index in [1.165, 1.54) is 0 Å². The van der Waals surface area contributed by atoms with E-state index >= 15 is 0 Å². The number of tetrazole rings is 1. The number of nitrogens with zero attached hydrogens (tertiary/aromatic N) is 6. The van der Waals surface area contributed by atoms with Crippen molar-refractivity contribution in [2.45, 2.75) is 6.54 Å². The van der Waals surface area contributed by atoms with Gasteiger partial charge >= 0.3 is 0 Å². The molecule has 0 unspecified atom stereocenters. The minimum Gasteiger partial charge on any atom is -0.361 e. The van der Waals surface area contributed by atoms with E-state index in [1.807, 2.05) is 30.5 Å². The zero-order chi connectivity index (χ0) is 19.3. The first-order valence-corrected chi connectivity index (χ1v) is 8.40. The van der Waals surface area contributed by atoms with Crippen molar-refractivity contribution in [3.8, 4) is 17.5 Å². The fourth-order valence-corrected chi connectivity index (χ4v) is 2.73. The van der Waals surface area contributed by atoms with Crippen LogP contribution in [-0.4, -0.2) is 37.3 Å². The van der Waals surface area contributed by atoms with Gasteiger partial charge in [-0.05, 0) is 23.4 Å². The molecule has 2 N–H and O–H groups in total. The molecule has 0 saturated carbocycles. The molecule has 0 aliphatic rings. The summed E-state index contributed by atoms with van der Waals surface area (Å²) >= 11 is 0. The number of nitrogens with one attached hydrogen (secondary N) is 2. The van der Waals surface area contributed by atoms with Crippen molar-refractivity contribution in [3.63, 3.8) is 0 Å². The van der Waals surface area contributed by atoms with Crippen LogP contribution in [0, 0.1) is 11.3 Å². The molecule has 0 saturated heterocycles. The second-order valence-electron chi connectivity index (χ2n) is 5.88. The Kier molecular flexibility index (Phi) is 4.59. The van der Waals surface area contributed by atoms with Gasteiger partial charge in [-0.15, -0.1) is 10.2 Å². The Bertz CT molecular complexity index is 1210. The second kappa shape index (κ2) is 7.51. The van der Waals surface area contributed by atoms with Gasteiger partial charge in [0.2, 0.25) is 5.82 Å². The number of amides is 1. The van der Waals surface area contributed by atoms with Crippen LogP contribution in [0.1, 0.15) is 11.1 Å². The second-order valence-corrected chi connectivity index (χ2v) is 5.88. The molecule has 9 heteroatoms. The molecule has 0 radical (unpaired) electrons. The number of aromatic nitrogens is 5. The number of fused-ring (bicyclic) bond motifs is 1. The fourth-order valence-electron chi connectivity index (χ4n) is 2.73.